The van der Waals surface area contributed by atoms with Gasteiger partial charge < -0.3 is 5.11 Å². The molecule has 0 aromatic heterocycles. The molecule has 2 N–H and O–H groups in total. The van der Waals surface area contributed by atoms with Crippen LogP contribution in [0.25, 0.3) is 0 Å². The van der Waals surface area contributed by atoms with Crippen LogP contribution in [-0.2, 0) is 16.6 Å². The van der Waals surface area contributed by atoms with Crippen molar-refractivity contribution in [3.8, 4) is 0 Å². The molecule has 0 saturated carbocycles. The van der Waals surface area contributed by atoms with E-state index in [1.807, 2.05) is 0 Å². The number of hydrogen-bond acceptors (Lipinski definition) is 3. The molecule has 0 amide bonds. The van der Waals surface area contributed by atoms with E-state index in [2.05, 4.69) is 4.72 Å². The van der Waals surface area contributed by atoms with Crippen molar-refractivity contribution < 1.29 is 13.5 Å². The molecule has 2 aromatic rings. The molecule has 4 nitrogen and oxygen atoms in total. The third-order valence-electron chi connectivity index (χ3n) is 2.55. The van der Waals surface area contributed by atoms with Crippen molar-refractivity contribution in [2.45, 2.75) is 11.5 Å². The lowest BCUT2D eigenvalue weighted by atomic mass is 10.2. The van der Waals surface area contributed by atoms with Crippen LogP contribution in [0, 0.1) is 0 Å². The van der Waals surface area contributed by atoms with Crippen molar-refractivity contribution in [2.75, 3.05) is 4.72 Å². The quantitative estimate of drug-likeness (QED) is 0.911. The molecule has 0 bridgehead atoms. The maximum atomic E-state index is 12.3. The predicted molar refractivity (Wildman–Crippen MR) is 74.6 cm³/mol. The van der Waals surface area contributed by atoms with Gasteiger partial charge >= 0.3 is 0 Å². The Hall–Kier alpha value is -1.56. The third kappa shape index (κ3) is 3.07. The molecular weight excluding hydrogens is 286 g/mol. The van der Waals surface area contributed by atoms with Gasteiger partial charge in [0.1, 0.15) is 0 Å². The zero-order chi connectivity index (χ0) is 13.9. The fraction of sp³-hybridized carbons (Fsp3) is 0.0769. The van der Waals surface area contributed by atoms with Gasteiger partial charge in [0.25, 0.3) is 10.0 Å². The van der Waals surface area contributed by atoms with Crippen LogP contribution in [0.4, 0.5) is 5.69 Å². The maximum absolute atomic E-state index is 12.3. The van der Waals surface area contributed by atoms with Crippen molar-refractivity contribution in [1.82, 2.24) is 0 Å². The van der Waals surface area contributed by atoms with Crippen molar-refractivity contribution >= 4 is 27.3 Å². The molecule has 6 heteroatoms. The smallest absolute Gasteiger partial charge is 0.262 e. The topological polar surface area (TPSA) is 66.4 Å². The van der Waals surface area contributed by atoms with Crippen molar-refractivity contribution in [1.29, 1.82) is 0 Å². The highest BCUT2D eigenvalue weighted by atomic mass is 35.5. The molecular formula is C13H12ClNO3S. The lowest BCUT2D eigenvalue weighted by Crippen LogP contribution is -2.15. The van der Waals surface area contributed by atoms with E-state index in [9.17, 15) is 13.5 Å². The first kappa shape index (κ1) is 13.9. The molecule has 19 heavy (non-hydrogen) atoms. The van der Waals surface area contributed by atoms with E-state index >= 15 is 0 Å². The normalized spacial score (nSPS) is 11.3. The van der Waals surface area contributed by atoms with Crippen molar-refractivity contribution in [3.63, 3.8) is 0 Å². The van der Waals surface area contributed by atoms with E-state index in [0.29, 0.717) is 16.3 Å². The summed E-state index contributed by atoms with van der Waals surface area (Å²) in [6.45, 7) is -0.348. The van der Waals surface area contributed by atoms with Gasteiger partial charge in [-0.3, -0.25) is 4.72 Å². The first-order valence-electron chi connectivity index (χ1n) is 5.51. The highest BCUT2D eigenvalue weighted by Gasteiger charge is 2.18. The van der Waals surface area contributed by atoms with Crippen molar-refractivity contribution in [2.24, 2.45) is 0 Å². The summed E-state index contributed by atoms with van der Waals surface area (Å²) in [5.74, 6) is 0. The minimum absolute atomic E-state index is 0.0393. The van der Waals surface area contributed by atoms with Gasteiger partial charge in [-0.25, -0.2) is 8.42 Å². The van der Waals surface area contributed by atoms with Crippen LogP contribution < -0.4 is 4.72 Å². The molecule has 0 aliphatic rings. The Morgan fingerprint density at radius 3 is 2.37 bits per heavy atom. The molecule has 2 aromatic carbocycles. The number of aliphatic hydroxyl groups is 1. The zero-order valence-electron chi connectivity index (χ0n) is 9.88. The van der Waals surface area contributed by atoms with Gasteiger partial charge in [-0.1, -0.05) is 41.9 Å². The van der Waals surface area contributed by atoms with Crippen LogP contribution in [0.2, 0.25) is 5.02 Å². The number of aliphatic hydroxyl groups excluding tert-OH is 1. The molecule has 0 atom stereocenters. The number of halogens is 1. The van der Waals surface area contributed by atoms with E-state index in [4.69, 9.17) is 11.6 Å². The molecule has 0 fully saturated rings. The minimum atomic E-state index is -3.77. The number of para-hydroxylation sites is 1. The first-order valence-corrected chi connectivity index (χ1v) is 7.37. The van der Waals surface area contributed by atoms with Crippen LogP contribution in [0.1, 0.15) is 5.56 Å². The summed E-state index contributed by atoms with van der Waals surface area (Å²) in [4.78, 5) is 0.0393. The van der Waals surface area contributed by atoms with Gasteiger partial charge in [-0.2, -0.15) is 0 Å². The summed E-state index contributed by atoms with van der Waals surface area (Å²) < 4.78 is 26.9. The summed E-state index contributed by atoms with van der Waals surface area (Å²) >= 11 is 5.92. The van der Waals surface area contributed by atoms with Crippen LogP contribution in [0.3, 0.4) is 0 Å². The van der Waals surface area contributed by atoms with Crippen LogP contribution in [0.15, 0.2) is 53.4 Å². The Kier molecular flexibility index (Phi) is 4.09. The summed E-state index contributed by atoms with van der Waals surface area (Å²) in [5, 5.41) is 9.50. The number of nitrogens with one attached hydrogen (secondary N) is 1. The van der Waals surface area contributed by atoms with E-state index in [1.165, 1.54) is 6.07 Å². The fourth-order valence-corrected chi connectivity index (χ4v) is 3.19. The highest BCUT2D eigenvalue weighted by molar-refractivity contribution is 7.92. The molecule has 0 aliphatic heterocycles. The molecule has 100 valence electrons. The average molecular weight is 298 g/mol. The highest BCUT2D eigenvalue weighted by Crippen LogP contribution is 2.25. The molecule has 0 unspecified atom stereocenters. The second-order valence-corrected chi connectivity index (χ2v) is 5.91. The molecule has 0 saturated heterocycles. The van der Waals surface area contributed by atoms with E-state index < -0.39 is 10.0 Å². The van der Waals surface area contributed by atoms with Gasteiger partial charge in [0.2, 0.25) is 0 Å². The van der Waals surface area contributed by atoms with Crippen molar-refractivity contribution in [3.05, 3.63) is 59.1 Å². The summed E-state index contributed by atoms with van der Waals surface area (Å²) in [7, 11) is -3.77. The minimum Gasteiger partial charge on any atom is -0.392 e. The number of hydrogen-bond donors (Lipinski definition) is 2. The Morgan fingerprint density at radius 2 is 1.68 bits per heavy atom. The monoisotopic (exact) mass is 297 g/mol. The van der Waals surface area contributed by atoms with Gasteiger partial charge in [0, 0.05) is 0 Å². The van der Waals surface area contributed by atoms with E-state index in [0.717, 1.165) is 0 Å². The lowest BCUT2D eigenvalue weighted by molar-refractivity contribution is 0.278. The van der Waals surface area contributed by atoms with E-state index in [-0.39, 0.29) is 11.5 Å². The molecule has 2 rings (SSSR count). The zero-order valence-corrected chi connectivity index (χ0v) is 11.4. The fourth-order valence-electron chi connectivity index (χ4n) is 1.64. The largest absolute Gasteiger partial charge is 0.392 e. The Morgan fingerprint density at radius 1 is 1.05 bits per heavy atom. The van der Waals surface area contributed by atoms with Gasteiger partial charge in [-0.05, 0) is 23.8 Å². The predicted octanol–water partition coefficient (Wildman–Crippen LogP) is 2.63. The average Bonchev–Trinajstić information content (AvgIpc) is 2.41. The molecule has 0 radical (unpaired) electrons. The Bertz CT molecular complexity index is 686. The Labute approximate surface area is 116 Å². The number of rotatable bonds is 4. The molecule has 0 heterocycles. The summed E-state index contributed by atoms with van der Waals surface area (Å²) in [5.41, 5.74) is 0.638. The SMILES string of the molecule is O=S(=O)(Nc1ccccc1Cl)c1ccccc1CO. The van der Waals surface area contributed by atoms with E-state index in [1.54, 1.807) is 42.5 Å². The number of benzene rings is 2. The number of sulfonamides is 1. The van der Waals surface area contributed by atoms with Gasteiger partial charge in [-0.15, -0.1) is 0 Å². The second kappa shape index (κ2) is 5.61. The summed E-state index contributed by atoms with van der Waals surface area (Å²) in [6, 6.07) is 12.8. The summed E-state index contributed by atoms with van der Waals surface area (Å²) in [6.07, 6.45) is 0. The van der Waals surface area contributed by atoms with Crippen LogP contribution in [-0.4, -0.2) is 13.5 Å². The first-order chi connectivity index (χ1) is 9.04. The molecule has 0 spiro atoms. The third-order valence-corrected chi connectivity index (χ3v) is 4.35. The maximum Gasteiger partial charge on any atom is 0.262 e. The number of anilines is 1. The molecule has 0 aliphatic carbocycles. The van der Waals surface area contributed by atoms with Crippen LogP contribution >= 0.6 is 11.6 Å². The van der Waals surface area contributed by atoms with Gasteiger partial charge in [0.05, 0.1) is 22.2 Å². The Balaban J connectivity index is 2.41. The van der Waals surface area contributed by atoms with Gasteiger partial charge in [0.15, 0.2) is 0 Å². The van der Waals surface area contributed by atoms with Crippen LogP contribution in [0.5, 0.6) is 0 Å². The second-order valence-electron chi connectivity index (χ2n) is 3.85. The lowest BCUT2D eigenvalue weighted by Gasteiger charge is -2.11. The standard InChI is InChI=1S/C13H12ClNO3S/c14-11-6-2-3-7-12(11)15-19(17,18)13-8-4-1-5-10(13)9-16/h1-8,15-16H,9H2.